The van der Waals surface area contributed by atoms with Crippen LogP contribution in [0.5, 0.6) is 0 Å². The number of aromatic nitrogens is 2. The van der Waals surface area contributed by atoms with E-state index in [1.807, 2.05) is 10.8 Å². The number of esters is 2. The number of ether oxygens (including phenoxy) is 2. The summed E-state index contributed by atoms with van der Waals surface area (Å²) < 4.78 is 8.70. The monoisotopic (exact) mass is 422 g/mol. The van der Waals surface area contributed by atoms with E-state index in [2.05, 4.69) is 19.4 Å². The van der Waals surface area contributed by atoms with Crippen LogP contribution in [0.25, 0.3) is 12.2 Å². The molecule has 0 aliphatic rings. The first-order valence-electron chi connectivity index (χ1n) is 7.79. The largest absolute Gasteiger partial charge is 0.469 e. The molecule has 0 spiro atoms. The molecule has 0 N–H and O–H groups in total. The van der Waals surface area contributed by atoms with E-state index in [9.17, 15) is 19.2 Å². The summed E-state index contributed by atoms with van der Waals surface area (Å²) in [6.07, 6.45) is 8.67. The molecule has 2 rings (SSSR count). The maximum Gasteiger partial charge on any atom is 0.313 e. The second-order valence-corrected chi connectivity index (χ2v) is 6.70. The summed E-state index contributed by atoms with van der Waals surface area (Å²) in [6.45, 7) is 0. The zero-order valence-electron chi connectivity index (χ0n) is 15.2. The van der Waals surface area contributed by atoms with Crippen molar-refractivity contribution in [1.82, 2.24) is 9.97 Å². The number of hydrogen-bond donors (Lipinski definition) is 0. The van der Waals surface area contributed by atoms with Crippen LogP contribution in [-0.4, -0.2) is 47.7 Å². The second kappa shape index (κ2) is 13.2. The lowest BCUT2D eigenvalue weighted by Crippen LogP contribution is -2.06. The Labute approximate surface area is 169 Å². The van der Waals surface area contributed by atoms with Crippen LogP contribution in [0, 0.1) is 0 Å². The van der Waals surface area contributed by atoms with Crippen molar-refractivity contribution in [3.05, 3.63) is 45.3 Å². The summed E-state index contributed by atoms with van der Waals surface area (Å²) in [5.41, 5.74) is 0. The summed E-state index contributed by atoms with van der Waals surface area (Å²) in [6, 6.07) is 0. The van der Waals surface area contributed by atoms with Crippen molar-refractivity contribution in [1.29, 1.82) is 0 Å². The molecule has 0 aromatic carbocycles. The van der Waals surface area contributed by atoms with Crippen molar-refractivity contribution in [2.45, 2.75) is 12.8 Å². The average molecular weight is 422 g/mol. The fraction of sp³-hybridized carbons (Fsp3) is 0.222. The van der Waals surface area contributed by atoms with E-state index in [1.165, 1.54) is 49.0 Å². The van der Waals surface area contributed by atoms with Gasteiger partial charge in [0.2, 0.25) is 0 Å². The van der Waals surface area contributed by atoms with Gasteiger partial charge in [-0.2, -0.15) is 0 Å². The molecule has 0 saturated carbocycles. The number of ketones is 2. The quantitative estimate of drug-likeness (QED) is 0.362. The third-order valence-electron chi connectivity index (χ3n) is 2.82. The minimum Gasteiger partial charge on any atom is -0.469 e. The molecule has 0 aliphatic heterocycles. The van der Waals surface area contributed by atoms with E-state index in [0.29, 0.717) is 0 Å². The fourth-order valence-corrected chi connectivity index (χ4v) is 2.57. The van der Waals surface area contributed by atoms with Gasteiger partial charge in [-0.05, 0) is 24.3 Å². The molecular weight excluding hydrogens is 404 g/mol. The third-order valence-corrected chi connectivity index (χ3v) is 4.30. The van der Waals surface area contributed by atoms with Gasteiger partial charge in [0.1, 0.15) is 22.9 Å². The van der Waals surface area contributed by atoms with Crippen LogP contribution in [0.4, 0.5) is 0 Å². The minimum atomic E-state index is -0.529. The first-order chi connectivity index (χ1) is 13.4. The first-order valence-corrected chi connectivity index (χ1v) is 9.55. The van der Waals surface area contributed by atoms with Crippen LogP contribution in [0.2, 0.25) is 0 Å². The minimum absolute atomic E-state index is 0.224. The van der Waals surface area contributed by atoms with Crippen molar-refractivity contribution >= 4 is 58.3 Å². The Bertz CT molecular complexity index is 756. The molecule has 0 saturated heterocycles. The van der Waals surface area contributed by atoms with Crippen molar-refractivity contribution in [2.24, 2.45) is 0 Å². The molecule has 0 aliphatic carbocycles. The number of carbonyl (C=O) groups excluding carboxylic acids is 4. The normalized spacial score (nSPS) is 10.4. The van der Waals surface area contributed by atoms with Gasteiger partial charge in [-0.1, -0.05) is 0 Å². The first kappa shape index (κ1) is 23.1. The smallest absolute Gasteiger partial charge is 0.313 e. The number of hydrogen-bond acceptors (Lipinski definition) is 10. The fourth-order valence-electron chi connectivity index (χ4n) is 1.51. The molecule has 2 heterocycles. The Kier molecular flexibility index (Phi) is 10.9. The number of rotatable bonds is 8. The third kappa shape index (κ3) is 10.2. The molecule has 0 bridgehead atoms. The molecule has 0 atom stereocenters. The number of allylic oxidation sites excluding steroid dienone is 2. The van der Waals surface area contributed by atoms with E-state index >= 15 is 0 Å². The lowest BCUT2D eigenvalue weighted by atomic mass is 10.2. The van der Waals surface area contributed by atoms with E-state index < -0.39 is 11.9 Å². The number of carbonyl (C=O) groups is 4. The molecule has 0 amide bonds. The SMILES string of the molecule is COC(=O)CC(=O)C=Cc1nccs1.COC(=O)CC(=O)C=Cc1nccs1. The highest BCUT2D eigenvalue weighted by atomic mass is 32.1. The molecule has 2 aromatic rings. The topological polar surface area (TPSA) is 113 Å². The van der Waals surface area contributed by atoms with Crippen molar-refractivity contribution in [3.8, 4) is 0 Å². The van der Waals surface area contributed by atoms with E-state index in [0.717, 1.165) is 10.0 Å². The van der Waals surface area contributed by atoms with E-state index in [-0.39, 0.29) is 24.4 Å². The molecule has 148 valence electrons. The molecule has 28 heavy (non-hydrogen) atoms. The number of thiazole rings is 2. The zero-order valence-corrected chi connectivity index (χ0v) is 16.8. The Hall–Kier alpha value is -2.98. The highest BCUT2D eigenvalue weighted by molar-refractivity contribution is 7.10. The highest BCUT2D eigenvalue weighted by Gasteiger charge is 2.06. The Balaban J connectivity index is 0.000000280. The Morgan fingerprint density at radius 1 is 0.821 bits per heavy atom. The van der Waals surface area contributed by atoms with Gasteiger partial charge in [-0.15, -0.1) is 22.7 Å². The van der Waals surface area contributed by atoms with Gasteiger partial charge >= 0.3 is 11.9 Å². The summed E-state index contributed by atoms with van der Waals surface area (Å²) in [7, 11) is 2.50. The molecule has 0 fully saturated rings. The Morgan fingerprint density at radius 3 is 1.50 bits per heavy atom. The van der Waals surface area contributed by atoms with Crippen molar-refractivity contribution in [3.63, 3.8) is 0 Å². The summed E-state index contributed by atoms with van der Waals surface area (Å²) in [5, 5.41) is 5.10. The summed E-state index contributed by atoms with van der Waals surface area (Å²) in [5.74, 6) is -1.63. The van der Waals surface area contributed by atoms with E-state index in [4.69, 9.17) is 0 Å². The maximum absolute atomic E-state index is 11.1. The summed E-state index contributed by atoms with van der Waals surface area (Å²) in [4.78, 5) is 51.5. The van der Waals surface area contributed by atoms with Crippen molar-refractivity contribution < 1.29 is 28.7 Å². The maximum atomic E-state index is 11.1. The summed E-state index contributed by atoms with van der Waals surface area (Å²) >= 11 is 2.85. The molecule has 10 heteroatoms. The molecule has 2 aromatic heterocycles. The van der Waals surface area contributed by atoms with Crippen LogP contribution in [0.15, 0.2) is 35.3 Å². The predicted molar refractivity (Wildman–Crippen MR) is 106 cm³/mol. The molecular formula is C18H18N2O6S2. The van der Waals surface area contributed by atoms with Gasteiger partial charge in [0.15, 0.2) is 11.6 Å². The van der Waals surface area contributed by atoms with Gasteiger partial charge in [0, 0.05) is 23.2 Å². The van der Waals surface area contributed by atoms with E-state index in [1.54, 1.807) is 24.5 Å². The lowest BCUT2D eigenvalue weighted by Gasteiger charge is -1.93. The van der Waals surface area contributed by atoms with Crippen LogP contribution < -0.4 is 0 Å². The van der Waals surface area contributed by atoms with Gasteiger partial charge in [-0.25, -0.2) is 9.97 Å². The van der Waals surface area contributed by atoms with Crippen LogP contribution >= 0.6 is 22.7 Å². The molecule has 8 nitrogen and oxygen atoms in total. The lowest BCUT2D eigenvalue weighted by molar-refractivity contribution is -0.144. The zero-order chi connectivity index (χ0) is 20.8. The van der Waals surface area contributed by atoms with Crippen LogP contribution in [0.3, 0.4) is 0 Å². The standard InChI is InChI=1S/2C9H9NO3S/c2*1-13-9(12)6-7(11)2-3-8-10-4-5-14-8/h2*2-5H,6H2,1H3. The van der Waals surface area contributed by atoms with Crippen molar-refractivity contribution in [2.75, 3.05) is 14.2 Å². The number of methoxy groups -OCH3 is 2. The Morgan fingerprint density at radius 2 is 1.21 bits per heavy atom. The highest BCUT2D eigenvalue weighted by Crippen LogP contribution is 2.07. The molecule has 0 unspecified atom stereocenters. The molecule has 0 radical (unpaired) electrons. The predicted octanol–water partition coefficient (Wildman–Crippen LogP) is 2.58. The van der Waals surface area contributed by atoms with Crippen LogP contribution in [-0.2, 0) is 28.7 Å². The van der Waals surface area contributed by atoms with Gasteiger partial charge < -0.3 is 9.47 Å². The average Bonchev–Trinajstić information content (AvgIpc) is 3.38. The number of nitrogens with zero attached hydrogens (tertiary/aromatic N) is 2. The van der Waals surface area contributed by atoms with Gasteiger partial charge in [0.05, 0.1) is 14.2 Å². The second-order valence-electron chi connectivity index (χ2n) is 4.85. The van der Waals surface area contributed by atoms with Gasteiger partial charge in [-0.3, -0.25) is 19.2 Å². The van der Waals surface area contributed by atoms with Gasteiger partial charge in [0.25, 0.3) is 0 Å². The van der Waals surface area contributed by atoms with Crippen LogP contribution in [0.1, 0.15) is 22.9 Å².